The molecule has 3 rings (SSSR count). The van der Waals surface area contributed by atoms with E-state index in [0.717, 1.165) is 18.9 Å². The summed E-state index contributed by atoms with van der Waals surface area (Å²) < 4.78 is 31.2. The molecule has 0 atom stereocenters. The van der Waals surface area contributed by atoms with Gasteiger partial charge in [0.1, 0.15) is 23.3 Å². The van der Waals surface area contributed by atoms with Crippen molar-refractivity contribution < 1.29 is 28.2 Å². The average Bonchev–Trinajstić information content (AvgIpc) is 2.85. The first-order valence-corrected chi connectivity index (χ1v) is 12.4. The molecule has 7 nitrogen and oxygen atoms in total. The van der Waals surface area contributed by atoms with Crippen LogP contribution in [0.5, 0.6) is 5.75 Å². The summed E-state index contributed by atoms with van der Waals surface area (Å²) in [6.07, 6.45) is 3.52. The summed E-state index contributed by atoms with van der Waals surface area (Å²) in [5.74, 6) is -1.53. The van der Waals surface area contributed by atoms with E-state index in [9.17, 15) is 9.59 Å². The average molecular weight is 539 g/mol. The van der Waals surface area contributed by atoms with Crippen LogP contribution in [0.1, 0.15) is 45.1 Å². The molecule has 0 spiro atoms. The topological polar surface area (TPSA) is 78.0 Å². The molecule has 0 bridgehead atoms. The maximum atomic E-state index is 15.3. The van der Waals surface area contributed by atoms with Crippen LogP contribution in [0.15, 0.2) is 41.6 Å². The van der Waals surface area contributed by atoms with Gasteiger partial charge in [-0.3, -0.25) is 4.79 Å². The summed E-state index contributed by atoms with van der Waals surface area (Å²) in [4.78, 5) is 32.1. The number of esters is 1. The minimum atomic E-state index is -0.702. The number of ether oxygens (including phenoxy) is 3. The van der Waals surface area contributed by atoms with Gasteiger partial charge < -0.3 is 19.1 Å². The van der Waals surface area contributed by atoms with E-state index in [2.05, 4.69) is 4.98 Å². The molecule has 0 fully saturated rings. The van der Waals surface area contributed by atoms with Crippen molar-refractivity contribution in [1.29, 1.82) is 0 Å². The highest BCUT2D eigenvalue weighted by Crippen LogP contribution is 2.36. The molecule has 1 heterocycles. The standard InChI is InChI=1S/C26H29Cl2FN2O5/c1-16(2)36-23-13-22(21(29)12-20(23)27)31(15-17-8-9-24(28)30-14-17)25(32)18-6-4-5-7-19(18)26(33)35-11-10-34-3/h8-9,12-14,16H,4-7,10-11,15H2,1-3H3. The van der Waals surface area contributed by atoms with E-state index >= 15 is 4.39 Å². The summed E-state index contributed by atoms with van der Waals surface area (Å²) in [5, 5.41) is 0.378. The fourth-order valence-corrected chi connectivity index (χ4v) is 4.16. The maximum Gasteiger partial charge on any atom is 0.334 e. The van der Waals surface area contributed by atoms with E-state index in [1.165, 1.54) is 24.3 Å². The van der Waals surface area contributed by atoms with Crippen molar-refractivity contribution in [3.63, 3.8) is 0 Å². The first-order chi connectivity index (χ1) is 17.2. The summed E-state index contributed by atoms with van der Waals surface area (Å²) in [7, 11) is 1.50. The van der Waals surface area contributed by atoms with Gasteiger partial charge in [0.25, 0.3) is 5.91 Å². The highest BCUT2D eigenvalue weighted by molar-refractivity contribution is 6.32. The SMILES string of the molecule is COCCOC(=O)C1=C(C(=O)N(Cc2ccc(Cl)nc2)c2cc(OC(C)C)c(Cl)cc2F)CCCC1. The lowest BCUT2D eigenvalue weighted by Crippen LogP contribution is -2.34. The third-order valence-electron chi connectivity index (χ3n) is 5.52. The number of hydrogen-bond acceptors (Lipinski definition) is 6. The molecule has 194 valence electrons. The summed E-state index contributed by atoms with van der Waals surface area (Å²) >= 11 is 12.1. The number of aromatic nitrogens is 1. The van der Waals surface area contributed by atoms with Crippen molar-refractivity contribution in [2.24, 2.45) is 0 Å². The van der Waals surface area contributed by atoms with Crippen LogP contribution >= 0.6 is 23.2 Å². The first kappa shape index (κ1) is 27.9. The molecule has 0 saturated heterocycles. The van der Waals surface area contributed by atoms with Crippen molar-refractivity contribution in [1.82, 2.24) is 4.98 Å². The lowest BCUT2D eigenvalue weighted by molar-refractivity contribution is -0.140. The van der Waals surface area contributed by atoms with Gasteiger partial charge in [0.15, 0.2) is 0 Å². The van der Waals surface area contributed by atoms with E-state index < -0.39 is 17.7 Å². The Bertz CT molecular complexity index is 1120. The Morgan fingerprint density at radius 1 is 1.11 bits per heavy atom. The van der Waals surface area contributed by atoms with Crippen LogP contribution in [-0.2, 0) is 25.6 Å². The van der Waals surface area contributed by atoms with E-state index in [1.807, 2.05) is 13.8 Å². The van der Waals surface area contributed by atoms with Crippen LogP contribution in [0.4, 0.5) is 10.1 Å². The van der Waals surface area contributed by atoms with Gasteiger partial charge in [-0.25, -0.2) is 14.2 Å². The summed E-state index contributed by atoms with van der Waals surface area (Å²) in [6.45, 7) is 3.93. The van der Waals surface area contributed by atoms with Gasteiger partial charge in [0.2, 0.25) is 0 Å². The number of amides is 1. The molecule has 1 aromatic carbocycles. The van der Waals surface area contributed by atoms with Crippen molar-refractivity contribution in [2.75, 3.05) is 25.2 Å². The molecule has 0 unspecified atom stereocenters. The zero-order valence-corrected chi connectivity index (χ0v) is 22.0. The van der Waals surface area contributed by atoms with Gasteiger partial charge >= 0.3 is 5.97 Å². The number of methoxy groups -OCH3 is 1. The molecule has 1 amide bonds. The van der Waals surface area contributed by atoms with Gasteiger partial charge in [0.05, 0.1) is 30.0 Å². The van der Waals surface area contributed by atoms with E-state index in [4.69, 9.17) is 37.4 Å². The number of halogens is 3. The van der Waals surface area contributed by atoms with Gasteiger partial charge in [-0.2, -0.15) is 0 Å². The third-order valence-corrected chi connectivity index (χ3v) is 6.04. The number of rotatable bonds is 10. The van der Waals surface area contributed by atoms with Gasteiger partial charge in [-0.1, -0.05) is 29.3 Å². The number of nitrogens with zero attached hydrogens (tertiary/aromatic N) is 2. The molecule has 1 aliphatic rings. The molecule has 0 aliphatic heterocycles. The highest BCUT2D eigenvalue weighted by atomic mass is 35.5. The quantitative estimate of drug-likeness (QED) is 0.212. The molecule has 1 aliphatic carbocycles. The molecule has 0 saturated carbocycles. The molecule has 1 aromatic heterocycles. The summed E-state index contributed by atoms with van der Waals surface area (Å²) in [5.41, 5.74) is 1.19. The number of hydrogen-bond donors (Lipinski definition) is 0. The monoisotopic (exact) mass is 538 g/mol. The van der Waals surface area contributed by atoms with Crippen molar-refractivity contribution in [3.8, 4) is 5.75 Å². The van der Waals surface area contributed by atoms with E-state index in [0.29, 0.717) is 29.6 Å². The molecular formula is C26H29Cl2FN2O5. The fourth-order valence-electron chi connectivity index (χ4n) is 3.85. The molecule has 2 aromatic rings. The lowest BCUT2D eigenvalue weighted by atomic mass is 9.90. The Labute approximate surface area is 220 Å². The number of carbonyl (C=O) groups is 2. The second kappa shape index (κ2) is 13.0. The van der Waals surface area contributed by atoms with E-state index in [1.54, 1.807) is 12.1 Å². The molecule has 0 N–H and O–H groups in total. The maximum absolute atomic E-state index is 15.3. The van der Waals surface area contributed by atoms with Crippen LogP contribution in [-0.4, -0.2) is 43.3 Å². The minimum Gasteiger partial charge on any atom is -0.489 e. The van der Waals surface area contributed by atoms with Crippen LogP contribution < -0.4 is 9.64 Å². The number of anilines is 1. The predicted molar refractivity (Wildman–Crippen MR) is 136 cm³/mol. The van der Waals surface area contributed by atoms with Crippen molar-refractivity contribution >= 4 is 40.8 Å². The smallest absolute Gasteiger partial charge is 0.334 e. The molecule has 10 heteroatoms. The second-order valence-electron chi connectivity index (χ2n) is 8.57. The Hall–Kier alpha value is -2.68. The van der Waals surface area contributed by atoms with Gasteiger partial charge in [-0.05, 0) is 57.2 Å². The number of benzene rings is 1. The lowest BCUT2D eigenvalue weighted by Gasteiger charge is -2.28. The van der Waals surface area contributed by atoms with Crippen LogP contribution in [0, 0.1) is 5.82 Å². The molecule has 36 heavy (non-hydrogen) atoms. The second-order valence-corrected chi connectivity index (χ2v) is 9.37. The Morgan fingerprint density at radius 3 is 2.47 bits per heavy atom. The molecule has 0 radical (unpaired) electrons. The Balaban J connectivity index is 2.07. The van der Waals surface area contributed by atoms with Crippen molar-refractivity contribution in [2.45, 2.75) is 52.2 Å². The first-order valence-electron chi connectivity index (χ1n) is 11.7. The number of pyridine rings is 1. The summed E-state index contributed by atoms with van der Waals surface area (Å²) in [6, 6.07) is 5.80. The number of carbonyl (C=O) groups excluding carboxylic acids is 2. The van der Waals surface area contributed by atoms with Crippen LogP contribution in [0.3, 0.4) is 0 Å². The van der Waals surface area contributed by atoms with Crippen LogP contribution in [0.2, 0.25) is 10.2 Å². The largest absolute Gasteiger partial charge is 0.489 e. The zero-order chi connectivity index (χ0) is 26.2. The Kier molecular flexibility index (Phi) is 10.1. The zero-order valence-electron chi connectivity index (χ0n) is 20.5. The minimum absolute atomic E-state index is 0.0157. The Morgan fingerprint density at radius 2 is 1.83 bits per heavy atom. The highest BCUT2D eigenvalue weighted by Gasteiger charge is 2.31. The molecular weight excluding hydrogens is 510 g/mol. The van der Waals surface area contributed by atoms with Crippen molar-refractivity contribution in [3.05, 3.63) is 63.2 Å². The normalized spacial score (nSPS) is 13.6. The van der Waals surface area contributed by atoms with Gasteiger partial charge in [0, 0.05) is 30.5 Å². The van der Waals surface area contributed by atoms with Gasteiger partial charge in [-0.15, -0.1) is 0 Å². The van der Waals surface area contributed by atoms with Crippen LogP contribution in [0.25, 0.3) is 0 Å². The predicted octanol–water partition coefficient (Wildman–Crippen LogP) is 5.91. The third kappa shape index (κ3) is 7.18. The fraction of sp³-hybridized carbons (Fsp3) is 0.423. The van der Waals surface area contributed by atoms with E-state index in [-0.39, 0.29) is 47.5 Å².